The Bertz CT molecular complexity index is 1260. The SMILES string of the molecule is O=C(NCC(O)C(O)c1ccnc2ccccc12)OCC1c2ccccc2-c2ccccc21. The lowest BCUT2D eigenvalue weighted by Crippen LogP contribution is -2.36. The molecule has 1 aliphatic carbocycles. The monoisotopic (exact) mass is 440 g/mol. The maximum atomic E-state index is 12.4. The first-order chi connectivity index (χ1) is 16.1. The van der Waals surface area contributed by atoms with Crippen LogP contribution < -0.4 is 5.32 Å². The number of hydrogen-bond donors (Lipinski definition) is 3. The van der Waals surface area contributed by atoms with E-state index in [-0.39, 0.29) is 19.1 Å². The van der Waals surface area contributed by atoms with Crippen LogP contribution in [-0.4, -0.2) is 40.5 Å². The Morgan fingerprint density at radius 1 is 0.909 bits per heavy atom. The van der Waals surface area contributed by atoms with Gasteiger partial charge in [0.2, 0.25) is 0 Å². The van der Waals surface area contributed by atoms with Gasteiger partial charge in [0, 0.05) is 24.0 Å². The van der Waals surface area contributed by atoms with Crippen molar-refractivity contribution in [3.05, 3.63) is 102 Å². The van der Waals surface area contributed by atoms with Crippen molar-refractivity contribution in [2.75, 3.05) is 13.2 Å². The molecule has 0 bridgehead atoms. The van der Waals surface area contributed by atoms with Gasteiger partial charge in [-0.1, -0.05) is 66.7 Å². The molecule has 3 aromatic carbocycles. The first kappa shape index (κ1) is 21.1. The number of aliphatic hydroxyl groups is 2. The van der Waals surface area contributed by atoms with Gasteiger partial charge in [0.15, 0.2) is 0 Å². The number of fused-ring (bicyclic) bond motifs is 4. The highest BCUT2D eigenvalue weighted by Crippen LogP contribution is 2.44. The minimum atomic E-state index is -1.20. The van der Waals surface area contributed by atoms with Crippen molar-refractivity contribution in [3.8, 4) is 11.1 Å². The maximum absolute atomic E-state index is 12.4. The van der Waals surface area contributed by atoms with Crippen LogP contribution in [0.1, 0.15) is 28.7 Å². The number of para-hydroxylation sites is 1. The smallest absolute Gasteiger partial charge is 0.407 e. The molecule has 0 fully saturated rings. The molecule has 4 aromatic rings. The van der Waals surface area contributed by atoms with Crippen LogP contribution in [-0.2, 0) is 4.74 Å². The van der Waals surface area contributed by atoms with E-state index in [0.29, 0.717) is 5.56 Å². The number of aromatic nitrogens is 1. The number of ether oxygens (including phenoxy) is 1. The molecule has 1 amide bonds. The van der Waals surface area contributed by atoms with E-state index < -0.39 is 18.3 Å². The zero-order valence-corrected chi connectivity index (χ0v) is 17.9. The van der Waals surface area contributed by atoms with Gasteiger partial charge < -0.3 is 20.3 Å². The lowest BCUT2D eigenvalue weighted by molar-refractivity contribution is 0.0193. The molecular formula is C27H24N2O4. The minimum absolute atomic E-state index is 0.0400. The van der Waals surface area contributed by atoms with Crippen LogP contribution >= 0.6 is 0 Å². The molecule has 2 unspecified atom stereocenters. The quantitative estimate of drug-likeness (QED) is 0.419. The summed E-state index contributed by atoms with van der Waals surface area (Å²) in [4.78, 5) is 16.6. The number of alkyl carbamates (subject to hydrolysis) is 1. The summed E-state index contributed by atoms with van der Waals surface area (Å²) in [6.07, 6.45) is -1.42. The number of amides is 1. The van der Waals surface area contributed by atoms with Crippen molar-refractivity contribution < 1.29 is 19.7 Å². The first-order valence-electron chi connectivity index (χ1n) is 10.9. The third-order valence-corrected chi connectivity index (χ3v) is 6.17. The van der Waals surface area contributed by atoms with E-state index >= 15 is 0 Å². The zero-order chi connectivity index (χ0) is 22.8. The lowest BCUT2D eigenvalue weighted by atomic mass is 9.98. The molecule has 166 valence electrons. The Balaban J connectivity index is 1.21. The Morgan fingerprint density at radius 3 is 2.27 bits per heavy atom. The fourth-order valence-electron chi connectivity index (χ4n) is 4.53. The zero-order valence-electron chi connectivity index (χ0n) is 17.9. The number of rotatable bonds is 6. The summed E-state index contributed by atoms with van der Waals surface area (Å²) in [5.74, 6) is -0.0400. The van der Waals surface area contributed by atoms with E-state index in [1.165, 1.54) is 0 Å². The fraction of sp³-hybridized carbons (Fsp3) is 0.185. The highest BCUT2D eigenvalue weighted by atomic mass is 16.5. The number of hydrogen-bond acceptors (Lipinski definition) is 5. The average Bonchev–Trinajstić information content (AvgIpc) is 3.19. The molecule has 33 heavy (non-hydrogen) atoms. The van der Waals surface area contributed by atoms with Crippen molar-refractivity contribution in [1.29, 1.82) is 0 Å². The molecule has 6 heteroatoms. The number of aliphatic hydroxyl groups excluding tert-OH is 2. The van der Waals surface area contributed by atoms with Crippen molar-refractivity contribution in [1.82, 2.24) is 10.3 Å². The second kappa shape index (κ2) is 9.02. The van der Waals surface area contributed by atoms with E-state index in [9.17, 15) is 15.0 Å². The normalized spacial score (nSPS) is 14.4. The van der Waals surface area contributed by atoms with Crippen LogP contribution in [0.5, 0.6) is 0 Å². The number of nitrogens with one attached hydrogen (secondary N) is 1. The highest BCUT2D eigenvalue weighted by Gasteiger charge is 2.29. The van der Waals surface area contributed by atoms with Gasteiger partial charge in [-0.05, 0) is 39.9 Å². The van der Waals surface area contributed by atoms with Crippen LogP contribution in [0.15, 0.2) is 85.1 Å². The fourth-order valence-corrected chi connectivity index (χ4v) is 4.53. The van der Waals surface area contributed by atoms with E-state index in [2.05, 4.69) is 34.6 Å². The molecule has 1 aliphatic rings. The van der Waals surface area contributed by atoms with Gasteiger partial charge >= 0.3 is 6.09 Å². The predicted molar refractivity (Wildman–Crippen MR) is 126 cm³/mol. The van der Waals surface area contributed by atoms with E-state index in [4.69, 9.17) is 4.74 Å². The van der Waals surface area contributed by atoms with Gasteiger partial charge in [-0.3, -0.25) is 4.98 Å². The molecule has 3 N–H and O–H groups in total. The third-order valence-electron chi connectivity index (χ3n) is 6.17. The van der Waals surface area contributed by atoms with Crippen molar-refractivity contribution in [2.24, 2.45) is 0 Å². The number of carbonyl (C=O) groups excluding carboxylic acids is 1. The summed E-state index contributed by atoms with van der Waals surface area (Å²) < 4.78 is 5.49. The summed E-state index contributed by atoms with van der Waals surface area (Å²) in [6.45, 7) is 0.0436. The van der Waals surface area contributed by atoms with Crippen LogP contribution in [0.25, 0.3) is 22.0 Å². The molecule has 1 aromatic heterocycles. The van der Waals surface area contributed by atoms with Crippen LogP contribution in [0.2, 0.25) is 0 Å². The van der Waals surface area contributed by atoms with Gasteiger partial charge in [-0.15, -0.1) is 0 Å². The summed E-state index contributed by atoms with van der Waals surface area (Å²) in [5.41, 5.74) is 5.86. The predicted octanol–water partition coefficient (Wildman–Crippen LogP) is 4.17. The molecule has 1 heterocycles. The van der Waals surface area contributed by atoms with E-state index in [1.807, 2.05) is 48.5 Å². The maximum Gasteiger partial charge on any atom is 0.407 e. The van der Waals surface area contributed by atoms with Crippen molar-refractivity contribution in [2.45, 2.75) is 18.1 Å². The lowest BCUT2D eigenvalue weighted by Gasteiger charge is -2.20. The highest BCUT2D eigenvalue weighted by molar-refractivity contribution is 5.82. The number of nitrogens with zero attached hydrogens (tertiary/aromatic N) is 1. The summed E-state index contributed by atoms with van der Waals surface area (Å²) >= 11 is 0. The molecule has 0 aliphatic heterocycles. The first-order valence-corrected chi connectivity index (χ1v) is 10.9. The molecule has 0 spiro atoms. The largest absolute Gasteiger partial charge is 0.449 e. The van der Waals surface area contributed by atoms with Gasteiger partial charge in [0.1, 0.15) is 18.8 Å². The minimum Gasteiger partial charge on any atom is -0.449 e. The molecule has 0 saturated carbocycles. The molecule has 0 radical (unpaired) electrons. The Labute approximate surface area is 191 Å². The van der Waals surface area contributed by atoms with Gasteiger partial charge in [0.25, 0.3) is 0 Å². The Kier molecular flexibility index (Phi) is 5.77. The molecule has 0 saturated heterocycles. The van der Waals surface area contributed by atoms with E-state index in [1.54, 1.807) is 12.3 Å². The topological polar surface area (TPSA) is 91.7 Å². The van der Waals surface area contributed by atoms with Crippen LogP contribution in [0.4, 0.5) is 4.79 Å². The molecular weight excluding hydrogens is 416 g/mol. The van der Waals surface area contributed by atoms with Gasteiger partial charge in [-0.25, -0.2) is 4.79 Å². The second-order valence-corrected chi connectivity index (χ2v) is 8.14. The Hall–Kier alpha value is -3.74. The van der Waals surface area contributed by atoms with Crippen molar-refractivity contribution >= 4 is 17.0 Å². The average molecular weight is 440 g/mol. The molecule has 5 rings (SSSR count). The van der Waals surface area contributed by atoms with Crippen LogP contribution in [0.3, 0.4) is 0 Å². The van der Waals surface area contributed by atoms with Gasteiger partial charge in [0.05, 0.1) is 5.52 Å². The second-order valence-electron chi connectivity index (χ2n) is 8.14. The van der Waals surface area contributed by atoms with Crippen molar-refractivity contribution in [3.63, 3.8) is 0 Å². The van der Waals surface area contributed by atoms with E-state index in [0.717, 1.165) is 33.2 Å². The van der Waals surface area contributed by atoms with Gasteiger partial charge in [-0.2, -0.15) is 0 Å². The number of carbonyl (C=O) groups is 1. The Morgan fingerprint density at radius 2 is 1.55 bits per heavy atom. The summed E-state index contributed by atoms with van der Waals surface area (Å²) in [5, 5.41) is 24.5. The molecule has 6 nitrogen and oxygen atoms in total. The number of benzene rings is 3. The third kappa shape index (κ3) is 4.06. The van der Waals surface area contributed by atoms with Crippen LogP contribution in [0, 0.1) is 0 Å². The summed E-state index contributed by atoms with van der Waals surface area (Å²) in [6, 6.07) is 25.3. The summed E-state index contributed by atoms with van der Waals surface area (Å²) in [7, 11) is 0. The standard InChI is InChI=1S/C27H24N2O4/c30-25(26(31)22-13-14-28-24-12-6-5-11-21(22)24)15-29-27(32)33-16-23-19-9-3-1-7-17(19)18-8-2-4-10-20(18)23/h1-14,23,25-26,30-31H,15-16H2,(H,29,32). The number of pyridine rings is 1. The molecule has 2 atom stereocenters.